The molecule has 0 unspecified atom stereocenters. The first-order valence-electron chi connectivity index (χ1n) is 4.65. The summed E-state index contributed by atoms with van der Waals surface area (Å²) in [5, 5.41) is 1.51. The molecule has 2 N–H and O–H groups in total. The van der Waals surface area contributed by atoms with Crippen molar-refractivity contribution in [2.75, 3.05) is 5.73 Å². The van der Waals surface area contributed by atoms with Gasteiger partial charge in [0.05, 0.1) is 5.52 Å². The Morgan fingerprint density at radius 1 is 1.44 bits per heavy atom. The monoisotopic (exact) mass is 231 g/mol. The molecule has 0 bridgehead atoms. The van der Waals surface area contributed by atoms with Gasteiger partial charge >= 0.3 is 0 Å². The largest absolute Gasteiger partial charge is 0.382 e. The molecule has 0 amide bonds. The quantitative estimate of drug-likeness (QED) is 0.805. The number of nitrogens with zero attached hydrogens (tertiary/aromatic N) is 2. The van der Waals surface area contributed by atoms with Gasteiger partial charge in [0.15, 0.2) is 5.82 Å². The van der Waals surface area contributed by atoms with E-state index in [2.05, 4.69) is 23.3 Å². The van der Waals surface area contributed by atoms with E-state index in [1.54, 1.807) is 12.1 Å². The molecule has 0 saturated heterocycles. The summed E-state index contributed by atoms with van der Waals surface area (Å²) in [6, 6.07) is 5.40. The lowest BCUT2D eigenvalue weighted by Crippen LogP contribution is -1.94. The number of aliphatic imine (C=N–C) groups is 1. The van der Waals surface area contributed by atoms with Crippen molar-refractivity contribution in [3.63, 3.8) is 0 Å². The van der Waals surface area contributed by atoms with Gasteiger partial charge in [-0.1, -0.05) is 24.3 Å². The highest BCUT2D eigenvalue weighted by atomic mass is 35.5. The van der Waals surface area contributed by atoms with E-state index in [1.807, 2.05) is 12.1 Å². The van der Waals surface area contributed by atoms with E-state index in [0.717, 1.165) is 16.5 Å². The fraction of sp³-hybridized carbons (Fsp3) is 0. The summed E-state index contributed by atoms with van der Waals surface area (Å²) in [5.74, 6) is 0.347. The first-order chi connectivity index (χ1) is 7.67. The van der Waals surface area contributed by atoms with Gasteiger partial charge in [-0.15, -0.1) is 0 Å². The second-order valence-corrected chi connectivity index (χ2v) is 3.72. The number of benzene rings is 1. The average molecular weight is 232 g/mol. The molecule has 80 valence electrons. The summed E-state index contributed by atoms with van der Waals surface area (Å²) in [4.78, 5) is 8.10. The van der Waals surface area contributed by atoms with Gasteiger partial charge < -0.3 is 5.73 Å². The smallest absolute Gasteiger partial charge is 0.150 e. The van der Waals surface area contributed by atoms with Crippen molar-refractivity contribution in [1.82, 2.24) is 4.98 Å². The van der Waals surface area contributed by atoms with Gasteiger partial charge in [-0.05, 0) is 24.9 Å². The summed E-state index contributed by atoms with van der Waals surface area (Å²) in [6.45, 7) is 7.23. The van der Waals surface area contributed by atoms with Crippen LogP contribution in [0.25, 0.3) is 17.0 Å². The van der Waals surface area contributed by atoms with Crippen LogP contribution in [0.1, 0.15) is 5.56 Å². The van der Waals surface area contributed by atoms with Gasteiger partial charge in [0.1, 0.15) is 5.69 Å². The van der Waals surface area contributed by atoms with Gasteiger partial charge in [0.25, 0.3) is 0 Å². The zero-order valence-corrected chi connectivity index (χ0v) is 9.33. The highest BCUT2D eigenvalue weighted by Gasteiger charge is 2.09. The zero-order valence-electron chi connectivity index (χ0n) is 8.57. The SMILES string of the molecule is C=Cc1c(N=C)c(N)nc2ccc(Cl)cc12. The number of halogens is 1. The number of aromatic nitrogens is 1. The van der Waals surface area contributed by atoms with Gasteiger partial charge in [-0.2, -0.15) is 0 Å². The van der Waals surface area contributed by atoms with Gasteiger partial charge in [-0.25, -0.2) is 4.98 Å². The molecule has 0 spiro atoms. The molecule has 0 fully saturated rings. The Labute approximate surface area is 98.3 Å². The maximum Gasteiger partial charge on any atom is 0.150 e. The van der Waals surface area contributed by atoms with Crippen LogP contribution in [0, 0.1) is 0 Å². The predicted molar refractivity (Wildman–Crippen MR) is 70.5 cm³/mol. The van der Waals surface area contributed by atoms with Crippen molar-refractivity contribution >= 4 is 46.8 Å². The van der Waals surface area contributed by atoms with E-state index in [0.29, 0.717) is 16.5 Å². The van der Waals surface area contributed by atoms with Gasteiger partial charge in [-0.3, -0.25) is 4.99 Å². The second kappa shape index (κ2) is 3.94. The Bertz CT molecular complexity index is 590. The van der Waals surface area contributed by atoms with Crippen LogP contribution in [0.5, 0.6) is 0 Å². The molecular formula is C12H10ClN3. The molecule has 4 heteroatoms. The van der Waals surface area contributed by atoms with Crippen molar-refractivity contribution in [2.24, 2.45) is 4.99 Å². The van der Waals surface area contributed by atoms with Crippen LogP contribution >= 0.6 is 11.6 Å². The highest BCUT2D eigenvalue weighted by molar-refractivity contribution is 6.31. The van der Waals surface area contributed by atoms with E-state index in [1.165, 1.54) is 0 Å². The third-order valence-corrected chi connectivity index (χ3v) is 2.58. The molecule has 1 heterocycles. The van der Waals surface area contributed by atoms with Crippen molar-refractivity contribution in [3.05, 3.63) is 35.4 Å². The van der Waals surface area contributed by atoms with Crippen LogP contribution in [-0.2, 0) is 0 Å². The van der Waals surface area contributed by atoms with Crippen LogP contribution < -0.4 is 5.73 Å². The molecule has 16 heavy (non-hydrogen) atoms. The van der Waals surface area contributed by atoms with E-state index in [-0.39, 0.29) is 0 Å². The number of hydrogen-bond donors (Lipinski definition) is 1. The van der Waals surface area contributed by atoms with E-state index >= 15 is 0 Å². The van der Waals surface area contributed by atoms with Gasteiger partial charge in [0, 0.05) is 16.0 Å². The van der Waals surface area contributed by atoms with Crippen LogP contribution in [0.4, 0.5) is 11.5 Å². The topological polar surface area (TPSA) is 51.3 Å². The van der Waals surface area contributed by atoms with Crippen LogP contribution in [0.15, 0.2) is 29.8 Å². The summed E-state index contributed by atoms with van der Waals surface area (Å²) < 4.78 is 0. The predicted octanol–water partition coefficient (Wildman–Crippen LogP) is 3.45. The molecule has 0 atom stereocenters. The third kappa shape index (κ3) is 1.55. The summed E-state index contributed by atoms with van der Waals surface area (Å²) >= 11 is 5.94. The molecule has 0 aliphatic carbocycles. The molecular weight excluding hydrogens is 222 g/mol. The molecule has 1 aromatic carbocycles. The maximum atomic E-state index is 5.94. The van der Waals surface area contributed by atoms with Gasteiger partial charge in [0.2, 0.25) is 0 Å². The minimum atomic E-state index is 0.347. The van der Waals surface area contributed by atoms with E-state index in [4.69, 9.17) is 17.3 Å². The zero-order chi connectivity index (χ0) is 11.7. The minimum Gasteiger partial charge on any atom is -0.382 e. The average Bonchev–Trinajstić information content (AvgIpc) is 2.28. The molecule has 0 radical (unpaired) electrons. The lowest BCUT2D eigenvalue weighted by atomic mass is 10.1. The fourth-order valence-electron chi connectivity index (χ4n) is 1.64. The molecule has 3 nitrogen and oxygen atoms in total. The Morgan fingerprint density at radius 2 is 2.19 bits per heavy atom. The summed E-state index contributed by atoms with van der Waals surface area (Å²) in [5.41, 5.74) is 7.91. The van der Waals surface area contributed by atoms with Crippen LogP contribution in [-0.4, -0.2) is 11.7 Å². The number of nitrogen functional groups attached to an aromatic ring is 1. The summed E-state index contributed by atoms with van der Waals surface area (Å²) in [7, 11) is 0. The number of rotatable bonds is 2. The first-order valence-corrected chi connectivity index (χ1v) is 5.03. The number of nitrogens with two attached hydrogens (primary N) is 1. The summed E-state index contributed by atoms with van der Waals surface area (Å²) in [6.07, 6.45) is 1.68. The Hall–Kier alpha value is -1.87. The standard InChI is InChI=1S/C12H10ClN3/c1-3-8-9-6-7(13)4-5-10(9)16-12(14)11(8)15-2/h3-6H,1-2H2,(H2,14,16). The minimum absolute atomic E-state index is 0.347. The Morgan fingerprint density at radius 3 is 2.81 bits per heavy atom. The number of hydrogen-bond acceptors (Lipinski definition) is 3. The molecule has 2 aromatic rings. The van der Waals surface area contributed by atoms with Crippen molar-refractivity contribution in [2.45, 2.75) is 0 Å². The normalized spacial score (nSPS) is 10.3. The molecule has 0 aliphatic rings. The number of fused-ring (bicyclic) bond motifs is 1. The highest BCUT2D eigenvalue weighted by Crippen LogP contribution is 2.33. The lowest BCUT2D eigenvalue weighted by molar-refractivity contribution is 1.38. The molecule has 1 aromatic heterocycles. The van der Waals surface area contributed by atoms with Crippen LogP contribution in [0.3, 0.4) is 0 Å². The Balaban J connectivity index is 2.97. The molecule has 2 rings (SSSR count). The third-order valence-electron chi connectivity index (χ3n) is 2.35. The van der Waals surface area contributed by atoms with Crippen molar-refractivity contribution < 1.29 is 0 Å². The molecule has 0 saturated carbocycles. The lowest BCUT2D eigenvalue weighted by Gasteiger charge is -2.08. The van der Waals surface area contributed by atoms with Crippen LogP contribution in [0.2, 0.25) is 5.02 Å². The number of anilines is 1. The fourth-order valence-corrected chi connectivity index (χ4v) is 1.81. The van der Waals surface area contributed by atoms with E-state index in [9.17, 15) is 0 Å². The molecule has 0 aliphatic heterocycles. The van der Waals surface area contributed by atoms with Crippen molar-refractivity contribution in [3.8, 4) is 0 Å². The Kier molecular flexibility index (Phi) is 2.62. The number of pyridine rings is 1. The second-order valence-electron chi connectivity index (χ2n) is 3.28. The van der Waals surface area contributed by atoms with E-state index < -0.39 is 0 Å². The van der Waals surface area contributed by atoms with Crippen molar-refractivity contribution in [1.29, 1.82) is 0 Å². The first kappa shape index (κ1) is 10.6. The maximum absolute atomic E-state index is 5.94.